The van der Waals surface area contributed by atoms with Gasteiger partial charge in [-0.3, -0.25) is 0 Å². The molecule has 1 atom stereocenters. The van der Waals surface area contributed by atoms with Crippen LogP contribution in [0.3, 0.4) is 0 Å². The first-order valence-corrected chi connectivity index (χ1v) is 6.05. The Kier molecular flexibility index (Phi) is 5.59. The van der Waals surface area contributed by atoms with Gasteiger partial charge in [0, 0.05) is 22.9 Å². The van der Waals surface area contributed by atoms with Crippen LogP contribution >= 0.6 is 11.8 Å². The minimum absolute atomic E-state index is 0.310. The number of nitrogens with two attached hydrogens (primary N) is 1. The number of hydrogen-bond donors (Lipinski definition) is 2. The van der Waals surface area contributed by atoms with Crippen LogP contribution in [-0.2, 0) is 4.74 Å². The van der Waals surface area contributed by atoms with Crippen molar-refractivity contribution < 1.29 is 14.2 Å². The first-order valence-electron chi connectivity index (χ1n) is 5.07. The van der Waals surface area contributed by atoms with E-state index in [-0.39, 0.29) is 5.82 Å². The van der Waals surface area contributed by atoms with Crippen LogP contribution in [0.5, 0.6) is 0 Å². The number of hydrogen-bond acceptors (Lipinski definition) is 4. The molecule has 1 unspecified atom stereocenters. The molecule has 3 nitrogen and oxygen atoms in total. The number of thioether (sulfide) groups is 1. The van der Waals surface area contributed by atoms with Crippen LogP contribution in [0.2, 0.25) is 0 Å². The summed E-state index contributed by atoms with van der Waals surface area (Å²) in [5, 5.41) is 9.53. The summed E-state index contributed by atoms with van der Waals surface area (Å²) in [5.41, 5.74) is 6.03. The van der Waals surface area contributed by atoms with Gasteiger partial charge in [-0.1, -0.05) is 0 Å². The Labute approximate surface area is 98.8 Å². The maximum absolute atomic E-state index is 12.8. The van der Waals surface area contributed by atoms with E-state index in [9.17, 15) is 9.50 Å². The third-order valence-electron chi connectivity index (χ3n) is 1.92. The molecule has 1 aromatic carbocycles. The van der Waals surface area contributed by atoms with Gasteiger partial charge in [-0.15, -0.1) is 11.8 Å². The van der Waals surface area contributed by atoms with Gasteiger partial charge >= 0.3 is 0 Å². The summed E-state index contributed by atoms with van der Waals surface area (Å²) < 4.78 is 17.8. The van der Waals surface area contributed by atoms with Gasteiger partial charge in [0.2, 0.25) is 0 Å². The number of benzene rings is 1. The molecule has 5 heteroatoms. The van der Waals surface area contributed by atoms with Gasteiger partial charge < -0.3 is 15.6 Å². The third kappa shape index (κ3) is 4.38. The van der Waals surface area contributed by atoms with Crippen molar-refractivity contribution in [1.29, 1.82) is 0 Å². The van der Waals surface area contributed by atoms with Crippen molar-refractivity contribution in [1.82, 2.24) is 0 Å². The molecule has 0 aliphatic heterocycles. The van der Waals surface area contributed by atoms with Crippen molar-refractivity contribution in [3.63, 3.8) is 0 Å². The largest absolute Gasteiger partial charge is 0.398 e. The summed E-state index contributed by atoms with van der Waals surface area (Å²) in [4.78, 5) is 0.775. The summed E-state index contributed by atoms with van der Waals surface area (Å²) in [6.07, 6.45) is -0.533. The molecule has 0 heterocycles. The molecule has 0 aliphatic carbocycles. The van der Waals surface area contributed by atoms with E-state index in [0.29, 0.717) is 24.7 Å². The molecule has 0 spiro atoms. The summed E-state index contributed by atoms with van der Waals surface area (Å²) in [7, 11) is 0. The van der Waals surface area contributed by atoms with Crippen LogP contribution in [0.4, 0.5) is 10.1 Å². The first-order chi connectivity index (χ1) is 7.63. The van der Waals surface area contributed by atoms with Gasteiger partial charge in [0.25, 0.3) is 0 Å². The zero-order valence-electron chi connectivity index (χ0n) is 9.15. The monoisotopic (exact) mass is 245 g/mol. The Bertz CT molecular complexity index is 336. The number of halogens is 1. The van der Waals surface area contributed by atoms with E-state index in [1.165, 1.54) is 23.9 Å². The molecule has 16 heavy (non-hydrogen) atoms. The second kappa shape index (κ2) is 6.73. The van der Waals surface area contributed by atoms with Crippen LogP contribution in [0.1, 0.15) is 6.92 Å². The molecule has 0 saturated heterocycles. The van der Waals surface area contributed by atoms with Crippen LogP contribution in [0.15, 0.2) is 23.1 Å². The van der Waals surface area contributed by atoms with Crippen LogP contribution in [0.25, 0.3) is 0 Å². The van der Waals surface area contributed by atoms with Crippen molar-refractivity contribution in [2.75, 3.05) is 24.7 Å². The molecule has 0 aromatic heterocycles. The highest BCUT2D eigenvalue weighted by atomic mass is 32.2. The molecule has 90 valence electrons. The number of rotatable bonds is 6. The van der Waals surface area contributed by atoms with E-state index in [1.807, 2.05) is 6.92 Å². The normalized spacial score (nSPS) is 12.7. The molecular weight excluding hydrogens is 229 g/mol. The Morgan fingerprint density at radius 1 is 1.56 bits per heavy atom. The quantitative estimate of drug-likeness (QED) is 0.593. The molecule has 0 bridgehead atoms. The molecule has 0 fully saturated rings. The molecule has 1 aromatic rings. The molecule has 0 aliphatic rings. The van der Waals surface area contributed by atoms with E-state index < -0.39 is 6.10 Å². The van der Waals surface area contributed by atoms with Crippen molar-refractivity contribution >= 4 is 17.4 Å². The SMILES string of the molecule is CCOCC(O)CSc1ccc(F)cc1N. The average Bonchev–Trinajstić information content (AvgIpc) is 2.25. The van der Waals surface area contributed by atoms with Gasteiger partial charge in [-0.25, -0.2) is 4.39 Å². The van der Waals surface area contributed by atoms with Gasteiger partial charge in [-0.2, -0.15) is 0 Å². The van der Waals surface area contributed by atoms with Crippen molar-refractivity contribution in [2.24, 2.45) is 0 Å². The predicted octanol–water partition coefficient (Wildman–Crippen LogP) is 1.90. The zero-order valence-corrected chi connectivity index (χ0v) is 9.97. The average molecular weight is 245 g/mol. The second-order valence-electron chi connectivity index (χ2n) is 3.31. The molecule has 3 N–H and O–H groups in total. The van der Waals surface area contributed by atoms with Crippen molar-refractivity contribution in [3.05, 3.63) is 24.0 Å². The fraction of sp³-hybridized carbons (Fsp3) is 0.455. The first kappa shape index (κ1) is 13.3. The standard InChI is InChI=1S/C11H16FNO2S/c1-2-15-6-9(14)7-16-11-4-3-8(12)5-10(11)13/h3-5,9,14H,2,6-7,13H2,1H3. The Hall–Kier alpha value is -0.780. The molecule has 0 saturated carbocycles. The smallest absolute Gasteiger partial charge is 0.125 e. The lowest BCUT2D eigenvalue weighted by atomic mass is 10.3. The minimum Gasteiger partial charge on any atom is -0.398 e. The highest BCUT2D eigenvalue weighted by Crippen LogP contribution is 2.26. The number of nitrogen functional groups attached to an aromatic ring is 1. The number of aliphatic hydroxyl groups is 1. The molecular formula is C11H16FNO2S. The lowest BCUT2D eigenvalue weighted by Crippen LogP contribution is -2.17. The number of ether oxygens (including phenoxy) is 1. The Morgan fingerprint density at radius 3 is 2.94 bits per heavy atom. The van der Waals surface area contributed by atoms with Gasteiger partial charge in [0.05, 0.1) is 12.7 Å². The lowest BCUT2D eigenvalue weighted by Gasteiger charge is -2.11. The second-order valence-corrected chi connectivity index (χ2v) is 4.37. The van der Waals surface area contributed by atoms with Crippen molar-refractivity contribution in [2.45, 2.75) is 17.9 Å². The molecule has 0 radical (unpaired) electrons. The van der Waals surface area contributed by atoms with Crippen LogP contribution < -0.4 is 5.73 Å². The molecule has 0 amide bonds. The Morgan fingerprint density at radius 2 is 2.31 bits per heavy atom. The van der Waals surface area contributed by atoms with Crippen LogP contribution in [-0.4, -0.2) is 30.2 Å². The van der Waals surface area contributed by atoms with Gasteiger partial charge in [-0.05, 0) is 25.1 Å². The summed E-state index contributed by atoms with van der Waals surface area (Å²) in [5.74, 6) is 0.132. The van der Waals surface area contributed by atoms with Crippen LogP contribution in [0, 0.1) is 5.82 Å². The fourth-order valence-corrected chi connectivity index (χ4v) is 2.00. The maximum atomic E-state index is 12.8. The maximum Gasteiger partial charge on any atom is 0.125 e. The summed E-state index contributed by atoms with van der Waals surface area (Å²) >= 11 is 1.39. The number of anilines is 1. The predicted molar refractivity (Wildman–Crippen MR) is 64.0 cm³/mol. The van der Waals surface area contributed by atoms with Gasteiger partial charge in [0.1, 0.15) is 5.82 Å². The highest BCUT2D eigenvalue weighted by Gasteiger charge is 2.07. The lowest BCUT2D eigenvalue weighted by molar-refractivity contribution is 0.0551. The minimum atomic E-state index is -0.533. The van der Waals surface area contributed by atoms with Crippen molar-refractivity contribution in [3.8, 4) is 0 Å². The summed E-state index contributed by atoms with van der Waals surface area (Å²) in [6, 6.07) is 4.24. The van der Waals surface area contributed by atoms with Gasteiger partial charge in [0.15, 0.2) is 0 Å². The van der Waals surface area contributed by atoms with E-state index in [0.717, 1.165) is 4.90 Å². The van der Waals surface area contributed by atoms with E-state index in [1.54, 1.807) is 6.07 Å². The topological polar surface area (TPSA) is 55.5 Å². The third-order valence-corrected chi connectivity index (χ3v) is 3.15. The van der Waals surface area contributed by atoms with E-state index >= 15 is 0 Å². The van der Waals surface area contributed by atoms with E-state index in [4.69, 9.17) is 10.5 Å². The number of aliphatic hydroxyl groups excluding tert-OH is 1. The molecule has 1 rings (SSSR count). The fourth-order valence-electron chi connectivity index (χ4n) is 1.14. The Balaban J connectivity index is 2.42. The zero-order chi connectivity index (χ0) is 12.0. The van der Waals surface area contributed by atoms with E-state index in [2.05, 4.69) is 0 Å². The highest BCUT2D eigenvalue weighted by molar-refractivity contribution is 7.99. The summed E-state index contributed by atoms with van der Waals surface area (Å²) in [6.45, 7) is 2.77.